The average Bonchev–Trinajstić information content (AvgIpc) is 2.32. The molecule has 2 aromatic carbocycles. The Kier molecular flexibility index (Phi) is 6.18. The largest absolute Gasteiger partial charge is 1.00 e. The van der Waals surface area contributed by atoms with E-state index in [1.165, 1.54) is 12.1 Å². The number of hydrogen-bond donors (Lipinski definition) is 0. The average molecular weight is 302 g/mol. The molecule has 2 aromatic rings. The maximum atomic E-state index is 10.8. The van der Waals surface area contributed by atoms with E-state index in [1.54, 1.807) is 12.1 Å². The van der Waals surface area contributed by atoms with Gasteiger partial charge in [0.2, 0.25) is 0 Å². The number of hydrogen-bond acceptors (Lipinski definition) is 3. The predicted molar refractivity (Wildman–Crippen MR) is 73.0 cm³/mol. The van der Waals surface area contributed by atoms with Gasteiger partial charge >= 0.3 is 29.6 Å². The summed E-state index contributed by atoms with van der Waals surface area (Å²) in [5, 5.41) is 1.12. The minimum absolute atomic E-state index is 0. The van der Waals surface area contributed by atoms with Crippen LogP contribution in [0.4, 0.5) is 0 Å². The zero-order valence-electron chi connectivity index (χ0n) is 10.5. The second-order valence-corrected chi connectivity index (χ2v) is 6.06. The van der Waals surface area contributed by atoms with Crippen molar-refractivity contribution in [2.45, 2.75) is 11.3 Å². The first-order valence-electron chi connectivity index (χ1n) is 5.34. The van der Waals surface area contributed by atoms with Crippen LogP contribution in [-0.4, -0.2) is 13.0 Å². The summed E-state index contributed by atoms with van der Waals surface area (Å²) in [6.07, 6.45) is 0.712. The van der Waals surface area contributed by atoms with Gasteiger partial charge in [0, 0.05) is 0 Å². The molecule has 3 nitrogen and oxygen atoms in total. The molecule has 0 amide bonds. The van der Waals surface area contributed by atoms with Crippen LogP contribution in [0.15, 0.2) is 53.4 Å². The number of rotatable bonds is 3. The van der Waals surface area contributed by atoms with E-state index in [1.807, 2.05) is 24.3 Å². The van der Waals surface area contributed by atoms with Crippen molar-refractivity contribution in [1.29, 1.82) is 0 Å². The fraction of sp³-hybridized carbons (Fsp3) is 0.0769. The zero-order valence-corrected chi connectivity index (χ0v) is 14.5. The normalized spacial score (nSPS) is 10.8. The second kappa shape index (κ2) is 6.98. The van der Waals surface area contributed by atoms with Crippen LogP contribution in [0.2, 0.25) is 0 Å². The Hall–Kier alpha value is -0.220. The van der Waals surface area contributed by atoms with Crippen molar-refractivity contribution in [3.8, 4) is 0 Å². The van der Waals surface area contributed by atoms with E-state index in [9.17, 15) is 13.0 Å². The van der Waals surface area contributed by atoms with Crippen LogP contribution in [0.3, 0.4) is 0 Å². The van der Waals surface area contributed by atoms with Gasteiger partial charge in [-0.15, -0.1) is 9.24 Å². The van der Waals surface area contributed by atoms with Crippen LogP contribution in [0.25, 0.3) is 0 Å². The molecule has 0 fully saturated rings. The third kappa shape index (κ3) is 4.99. The van der Waals surface area contributed by atoms with E-state index in [0.29, 0.717) is 6.42 Å². The first-order chi connectivity index (χ1) is 8.45. The molecule has 0 spiro atoms. The Balaban J connectivity index is 0.00000180. The van der Waals surface area contributed by atoms with Crippen LogP contribution in [-0.2, 0) is 16.5 Å². The van der Waals surface area contributed by atoms with Crippen molar-refractivity contribution < 1.29 is 42.5 Å². The summed E-state index contributed by atoms with van der Waals surface area (Å²) >= 11 is 0. The van der Waals surface area contributed by atoms with Crippen molar-refractivity contribution in [3.63, 3.8) is 0 Å². The molecule has 0 radical (unpaired) electrons. The Morgan fingerprint density at radius 3 is 1.74 bits per heavy atom. The maximum Gasteiger partial charge on any atom is 1.00 e. The smallest absolute Gasteiger partial charge is 0.744 e. The van der Waals surface area contributed by atoms with Gasteiger partial charge in [0.1, 0.15) is 10.1 Å². The standard InChI is InChI=1S/C13H13O3PS.Na/c14-18(15,16)13-7-3-11(4-8-13)9-10-1-5-12(17)6-2-10;/h1-8H,9,17H2,(H,14,15,16);/q;+1/p-1. The minimum atomic E-state index is -4.35. The van der Waals surface area contributed by atoms with Gasteiger partial charge in [-0.25, -0.2) is 8.42 Å². The molecule has 0 aromatic heterocycles. The molecule has 1 unspecified atom stereocenters. The first-order valence-corrected chi connectivity index (χ1v) is 7.33. The summed E-state index contributed by atoms with van der Waals surface area (Å²) in [5.74, 6) is 0. The molecule has 0 N–H and O–H groups in total. The van der Waals surface area contributed by atoms with E-state index in [2.05, 4.69) is 9.24 Å². The molecular weight excluding hydrogens is 290 g/mol. The Morgan fingerprint density at radius 1 is 0.895 bits per heavy atom. The molecule has 1 atom stereocenters. The summed E-state index contributed by atoms with van der Waals surface area (Å²) in [5.41, 5.74) is 2.11. The van der Waals surface area contributed by atoms with Gasteiger partial charge in [-0.1, -0.05) is 36.4 Å². The number of benzene rings is 2. The molecule has 0 heterocycles. The van der Waals surface area contributed by atoms with Gasteiger partial charge in [-0.2, -0.15) is 0 Å². The van der Waals surface area contributed by atoms with Gasteiger partial charge in [0.25, 0.3) is 0 Å². The Bertz CT molecular complexity index is 637. The molecule has 0 aliphatic carbocycles. The van der Waals surface area contributed by atoms with Crippen molar-refractivity contribution in [3.05, 3.63) is 59.7 Å². The third-order valence-electron chi connectivity index (χ3n) is 2.60. The van der Waals surface area contributed by atoms with Crippen molar-refractivity contribution in [2.75, 3.05) is 0 Å². The fourth-order valence-corrected chi connectivity index (χ4v) is 2.31. The van der Waals surface area contributed by atoms with E-state index < -0.39 is 10.1 Å². The van der Waals surface area contributed by atoms with Crippen molar-refractivity contribution in [2.24, 2.45) is 0 Å². The predicted octanol–water partition coefficient (Wildman–Crippen LogP) is -1.31. The first kappa shape index (κ1) is 16.8. The Morgan fingerprint density at radius 2 is 1.32 bits per heavy atom. The molecule has 0 saturated carbocycles. The summed E-state index contributed by atoms with van der Waals surface area (Å²) in [6.45, 7) is 0. The van der Waals surface area contributed by atoms with Crippen LogP contribution >= 0.6 is 9.24 Å². The van der Waals surface area contributed by atoms with Gasteiger partial charge < -0.3 is 4.55 Å². The van der Waals surface area contributed by atoms with Crippen LogP contribution in [0.5, 0.6) is 0 Å². The van der Waals surface area contributed by atoms with E-state index in [0.717, 1.165) is 16.4 Å². The van der Waals surface area contributed by atoms with Crippen LogP contribution in [0, 0.1) is 0 Å². The van der Waals surface area contributed by atoms with Gasteiger partial charge in [-0.3, -0.25) is 0 Å². The molecule has 2 rings (SSSR count). The van der Waals surface area contributed by atoms with Crippen LogP contribution < -0.4 is 34.9 Å². The second-order valence-electron chi connectivity index (χ2n) is 4.02. The topological polar surface area (TPSA) is 57.2 Å². The fourth-order valence-electron chi connectivity index (χ4n) is 1.65. The molecule has 0 bridgehead atoms. The molecular formula is C13H12NaO3PS. The Labute approximate surface area is 137 Å². The monoisotopic (exact) mass is 302 g/mol. The molecule has 0 aliphatic heterocycles. The summed E-state index contributed by atoms with van der Waals surface area (Å²) in [4.78, 5) is -0.188. The maximum absolute atomic E-state index is 10.8. The van der Waals surface area contributed by atoms with Gasteiger partial charge in [0.05, 0.1) is 4.90 Å². The van der Waals surface area contributed by atoms with Crippen molar-refractivity contribution in [1.82, 2.24) is 0 Å². The molecule has 0 saturated heterocycles. The SMILES string of the molecule is O=S(=O)([O-])c1ccc(Cc2ccc(P)cc2)cc1.[Na+]. The quantitative estimate of drug-likeness (QED) is 0.402. The van der Waals surface area contributed by atoms with Gasteiger partial charge in [-0.05, 0) is 35.0 Å². The summed E-state index contributed by atoms with van der Waals surface area (Å²) in [6, 6.07) is 14.1. The minimum Gasteiger partial charge on any atom is -0.744 e. The van der Waals surface area contributed by atoms with Gasteiger partial charge in [0.15, 0.2) is 0 Å². The summed E-state index contributed by atoms with van der Waals surface area (Å²) < 4.78 is 32.3. The molecule has 6 heteroatoms. The summed E-state index contributed by atoms with van der Waals surface area (Å²) in [7, 11) is -1.73. The van der Waals surface area contributed by atoms with E-state index in [-0.39, 0.29) is 34.5 Å². The van der Waals surface area contributed by atoms with E-state index >= 15 is 0 Å². The van der Waals surface area contributed by atoms with Crippen LogP contribution in [0.1, 0.15) is 11.1 Å². The van der Waals surface area contributed by atoms with Crippen molar-refractivity contribution >= 4 is 24.7 Å². The zero-order chi connectivity index (χ0) is 13.2. The van der Waals surface area contributed by atoms with E-state index in [4.69, 9.17) is 0 Å². The molecule has 19 heavy (non-hydrogen) atoms. The molecule has 94 valence electrons. The third-order valence-corrected chi connectivity index (χ3v) is 3.83. The molecule has 0 aliphatic rings.